The van der Waals surface area contributed by atoms with E-state index in [0.29, 0.717) is 0 Å². The fraction of sp³-hybridized carbons (Fsp3) is 0.286. The zero-order valence-electron chi connectivity index (χ0n) is 11.3. The molecule has 0 aliphatic heterocycles. The molecule has 0 saturated carbocycles. The monoisotopic (exact) mass is 294 g/mol. The van der Waals surface area contributed by atoms with Gasteiger partial charge in [0.1, 0.15) is 0 Å². The number of furan rings is 1. The van der Waals surface area contributed by atoms with Gasteiger partial charge in [-0.3, -0.25) is 0 Å². The molecule has 2 aromatic rings. The van der Waals surface area contributed by atoms with Crippen LogP contribution in [0, 0.1) is 0 Å². The Kier molecular flexibility index (Phi) is 4.94. The Morgan fingerprint density at radius 2 is 1.90 bits per heavy atom. The van der Waals surface area contributed by atoms with Gasteiger partial charge >= 0.3 is 0 Å². The van der Waals surface area contributed by atoms with E-state index in [4.69, 9.17) is 4.42 Å². The lowest BCUT2D eigenvalue weighted by Gasteiger charge is -2.07. The predicted octanol–water partition coefficient (Wildman–Crippen LogP) is 1.62. The van der Waals surface area contributed by atoms with Crippen LogP contribution < -0.4 is 10.0 Å². The summed E-state index contributed by atoms with van der Waals surface area (Å²) in [6, 6.07) is 9.28. The molecule has 0 saturated heterocycles. The van der Waals surface area contributed by atoms with Crippen molar-refractivity contribution in [2.75, 3.05) is 7.05 Å². The lowest BCUT2D eigenvalue weighted by atomic mass is 10.1. The molecule has 0 bridgehead atoms. The molecule has 1 aromatic carbocycles. The van der Waals surface area contributed by atoms with Crippen molar-refractivity contribution in [2.45, 2.75) is 18.8 Å². The second kappa shape index (κ2) is 6.69. The summed E-state index contributed by atoms with van der Waals surface area (Å²) in [5, 5.41) is 3.04. The van der Waals surface area contributed by atoms with Crippen LogP contribution in [0.2, 0.25) is 0 Å². The van der Waals surface area contributed by atoms with E-state index in [0.717, 1.165) is 23.2 Å². The largest absolute Gasteiger partial charge is 0.472 e. The van der Waals surface area contributed by atoms with Crippen LogP contribution in [-0.4, -0.2) is 15.5 Å². The molecule has 2 rings (SSSR count). The van der Waals surface area contributed by atoms with Crippen LogP contribution in [0.3, 0.4) is 0 Å². The van der Waals surface area contributed by atoms with Gasteiger partial charge in [-0.15, -0.1) is 0 Å². The number of hydrogen-bond acceptors (Lipinski definition) is 4. The van der Waals surface area contributed by atoms with Gasteiger partial charge in [-0.05, 0) is 24.2 Å². The van der Waals surface area contributed by atoms with Crippen molar-refractivity contribution in [3.8, 4) is 0 Å². The van der Waals surface area contributed by atoms with Gasteiger partial charge in [0.2, 0.25) is 10.0 Å². The second-order valence-corrected chi connectivity index (χ2v) is 6.37. The quantitative estimate of drug-likeness (QED) is 0.814. The minimum absolute atomic E-state index is 0.0254. The molecule has 0 amide bonds. The Hall–Kier alpha value is -1.63. The molecular weight excluding hydrogens is 276 g/mol. The average Bonchev–Trinajstić information content (AvgIpc) is 2.90. The zero-order valence-corrected chi connectivity index (χ0v) is 12.1. The first-order valence-corrected chi connectivity index (χ1v) is 7.95. The van der Waals surface area contributed by atoms with Crippen LogP contribution in [0.1, 0.15) is 16.7 Å². The summed E-state index contributed by atoms with van der Waals surface area (Å²) in [7, 11) is -1.50. The number of rotatable bonds is 7. The lowest BCUT2D eigenvalue weighted by molar-refractivity contribution is 0.561. The second-order valence-electron chi connectivity index (χ2n) is 4.56. The van der Waals surface area contributed by atoms with E-state index in [-0.39, 0.29) is 12.3 Å². The van der Waals surface area contributed by atoms with E-state index >= 15 is 0 Å². The lowest BCUT2D eigenvalue weighted by Crippen LogP contribution is -2.24. The van der Waals surface area contributed by atoms with Gasteiger partial charge < -0.3 is 9.73 Å². The van der Waals surface area contributed by atoms with Crippen LogP contribution in [-0.2, 0) is 28.9 Å². The van der Waals surface area contributed by atoms with Gasteiger partial charge in [0, 0.05) is 18.7 Å². The molecule has 20 heavy (non-hydrogen) atoms. The van der Waals surface area contributed by atoms with Crippen molar-refractivity contribution in [1.82, 2.24) is 10.0 Å². The van der Waals surface area contributed by atoms with Crippen LogP contribution in [0.25, 0.3) is 0 Å². The molecule has 0 unspecified atom stereocenters. The maximum Gasteiger partial charge on any atom is 0.216 e. The first kappa shape index (κ1) is 14.8. The van der Waals surface area contributed by atoms with Gasteiger partial charge in [0.25, 0.3) is 0 Å². The molecule has 0 fully saturated rings. The van der Waals surface area contributed by atoms with Crippen molar-refractivity contribution in [3.05, 3.63) is 59.5 Å². The van der Waals surface area contributed by atoms with Crippen molar-refractivity contribution in [3.63, 3.8) is 0 Å². The molecular formula is C14H18N2O3S. The molecule has 2 N–H and O–H groups in total. The molecule has 0 aliphatic rings. The van der Waals surface area contributed by atoms with Crippen LogP contribution in [0.15, 0.2) is 47.3 Å². The van der Waals surface area contributed by atoms with Crippen molar-refractivity contribution in [1.29, 1.82) is 0 Å². The van der Waals surface area contributed by atoms with E-state index in [9.17, 15) is 8.42 Å². The summed E-state index contributed by atoms with van der Waals surface area (Å²) >= 11 is 0. The molecule has 0 radical (unpaired) electrons. The van der Waals surface area contributed by atoms with E-state index < -0.39 is 10.0 Å². The van der Waals surface area contributed by atoms with E-state index in [1.165, 1.54) is 12.5 Å². The summed E-state index contributed by atoms with van der Waals surface area (Å²) in [5.41, 5.74) is 2.64. The fourth-order valence-corrected chi connectivity index (χ4v) is 3.00. The molecule has 6 heteroatoms. The van der Waals surface area contributed by atoms with E-state index in [1.807, 2.05) is 31.3 Å². The predicted molar refractivity (Wildman–Crippen MR) is 77.4 cm³/mol. The maximum absolute atomic E-state index is 12.0. The molecule has 0 atom stereocenters. The summed E-state index contributed by atoms with van der Waals surface area (Å²) in [6.45, 7) is 0.964. The van der Waals surface area contributed by atoms with Crippen LogP contribution >= 0.6 is 0 Å². The Morgan fingerprint density at radius 1 is 1.10 bits per heavy atom. The Labute approximate surface area is 119 Å². The third-order valence-electron chi connectivity index (χ3n) is 2.81. The SMILES string of the molecule is CNCc1cccc(CS(=O)(=O)NCc2ccoc2)c1. The van der Waals surface area contributed by atoms with Gasteiger partial charge in [-0.1, -0.05) is 24.3 Å². The highest BCUT2D eigenvalue weighted by Gasteiger charge is 2.11. The Balaban J connectivity index is 1.98. The normalized spacial score (nSPS) is 11.7. The van der Waals surface area contributed by atoms with Gasteiger partial charge in [-0.25, -0.2) is 13.1 Å². The number of hydrogen-bond donors (Lipinski definition) is 2. The van der Waals surface area contributed by atoms with E-state index in [1.54, 1.807) is 6.07 Å². The first-order valence-electron chi connectivity index (χ1n) is 6.30. The molecule has 1 aromatic heterocycles. The fourth-order valence-electron chi connectivity index (χ4n) is 1.89. The summed E-state index contributed by atoms with van der Waals surface area (Å²) < 4.78 is 31.5. The standard InChI is InChI=1S/C14H18N2O3S/c1-15-8-12-3-2-4-13(7-12)11-20(17,18)16-9-14-5-6-19-10-14/h2-7,10,15-16H,8-9,11H2,1H3. The average molecular weight is 294 g/mol. The van der Waals surface area contributed by atoms with Crippen molar-refractivity contribution >= 4 is 10.0 Å². The van der Waals surface area contributed by atoms with Crippen LogP contribution in [0.5, 0.6) is 0 Å². The highest BCUT2D eigenvalue weighted by molar-refractivity contribution is 7.88. The highest BCUT2D eigenvalue weighted by atomic mass is 32.2. The summed E-state index contributed by atoms with van der Waals surface area (Å²) in [6.07, 6.45) is 3.04. The van der Waals surface area contributed by atoms with Gasteiger partial charge in [0.15, 0.2) is 0 Å². The topological polar surface area (TPSA) is 71.3 Å². The molecule has 0 aliphatic carbocycles. The number of nitrogens with one attached hydrogen (secondary N) is 2. The Bertz CT molecular complexity index is 636. The zero-order chi connectivity index (χ0) is 14.4. The number of sulfonamides is 1. The first-order chi connectivity index (χ1) is 9.59. The van der Waals surface area contributed by atoms with Crippen LogP contribution in [0.4, 0.5) is 0 Å². The highest BCUT2D eigenvalue weighted by Crippen LogP contribution is 2.09. The minimum Gasteiger partial charge on any atom is -0.472 e. The maximum atomic E-state index is 12.0. The Morgan fingerprint density at radius 3 is 2.60 bits per heavy atom. The molecule has 0 spiro atoms. The van der Waals surface area contributed by atoms with Crippen molar-refractivity contribution < 1.29 is 12.8 Å². The van der Waals surface area contributed by atoms with Gasteiger partial charge in [-0.2, -0.15) is 0 Å². The number of benzene rings is 1. The molecule has 5 nitrogen and oxygen atoms in total. The molecule has 108 valence electrons. The molecule has 1 heterocycles. The summed E-state index contributed by atoms with van der Waals surface area (Å²) in [4.78, 5) is 0. The summed E-state index contributed by atoms with van der Waals surface area (Å²) in [5.74, 6) is -0.0254. The van der Waals surface area contributed by atoms with Crippen molar-refractivity contribution in [2.24, 2.45) is 0 Å². The smallest absolute Gasteiger partial charge is 0.216 e. The minimum atomic E-state index is -3.35. The van der Waals surface area contributed by atoms with E-state index in [2.05, 4.69) is 10.0 Å². The third-order valence-corrected chi connectivity index (χ3v) is 4.10. The third kappa shape index (κ3) is 4.48. The van der Waals surface area contributed by atoms with Gasteiger partial charge in [0.05, 0.1) is 18.3 Å².